The van der Waals surface area contributed by atoms with E-state index in [2.05, 4.69) is 5.32 Å². The maximum absolute atomic E-state index is 12.2. The van der Waals surface area contributed by atoms with E-state index in [1.807, 2.05) is 30.3 Å². The quantitative estimate of drug-likeness (QED) is 0.750. The first kappa shape index (κ1) is 14.5. The molecule has 5 heteroatoms. The van der Waals surface area contributed by atoms with E-state index in [1.54, 1.807) is 0 Å². The molecule has 2 rings (SSSR count). The minimum absolute atomic E-state index is 0.262. The van der Waals surface area contributed by atoms with Crippen LogP contribution in [0.25, 0.3) is 0 Å². The lowest BCUT2D eigenvalue weighted by Crippen LogP contribution is -2.56. The summed E-state index contributed by atoms with van der Waals surface area (Å²) in [5.41, 5.74) is 6.01. The van der Waals surface area contributed by atoms with Crippen molar-refractivity contribution in [3.05, 3.63) is 35.9 Å². The lowest BCUT2D eigenvalue weighted by Gasteiger charge is -2.25. The van der Waals surface area contributed by atoms with Gasteiger partial charge in [0.2, 0.25) is 5.91 Å². The maximum Gasteiger partial charge on any atom is 0.326 e. The van der Waals surface area contributed by atoms with Gasteiger partial charge in [-0.2, -0.15) is 0 Å². The van der Waals surface area contributed by atoms with Crippen LogP contribution in [0.1, 0.15) is 31.2 Å². The largest absolute Gasteiger partial charge is 0.480 e. The molecule has 1 amide bonds. The van der Waals surface area contributed by atoms with Gasteiger partial charge in [-0.05, 0) is 18.4 Å². The number of nitrogens with two attached hydrogens (primary N) is 1. The molecule has 5 nitrogen and oxygen atoms in total. The summed E-state index contributed by atoms with van der Waals surface area (Å²) in [5, 5.41) is 11.8. The predicted octanol–water partition coefficient (Wildman–Crippen LogP) is 1.07. The van der Waals surface area contributed by atoms with Gasteiger partial charge in [0, 0.05) is 6.42 Å². The molecule has 0 aromatic heterocycles. The third-order valence-corrected chi connectivity index (χ3v) is 3.83. The second kappa shape index (κ2) is 6.05. The van der Waals surface area contributed by atoms with Crippen molar-refractivity contribution >= 4 is 11.9 Å². The third-order valence-electron chi connectivity index (χ3n) is 3.83. The Morgan fingerprint density at radius 3 is 2.40 bits per heavy atom. The SMILES string of the molecule is NC1(C(=O)N[C@@H](Cc2ccccc2)C(=O)O)CCCC1. The molecule has 1 aliphatic rings. The minimum atomic E-state index is -1.04. The summed E-state index contributed by atoms with van der Waals surface area (Å²) >= 11 is 0. The molecule has 1 fully saturated rings. The zero-order valence-electron chi connectivity index (χ0n) is 11.3. The highest BCUT2D eigenvalue weighted by molar-refractivity contribution is 5.90. The Hall–Kier alpha value is -1.88. The van der Waals surface area contributed by atoms with Gasteiger partial charge in [0.1, 0.15) is 6.04 Å². The molecule has 108 valence electrons. The van der Waals surface area contributed by atoms with Crippen molar-refractivity contribution in [3.63, 3.8) is 0 Å². The van der Waals surface area contributed by atoms with E-state index < -0.39 is 17.6 Å². The molecular weight excluding hydrogens is 256 g/mol. The van der Waals surface area contributed by atoms with Gasteiger partial charge in [-0.1, -0.05) is 43.2 Å². The fraction of sp³-hybridized carbons (Fsp3) is 0.467. The fourth-order valence-electron chi connectivity index (χ4n) is 2.58. The van der Waals surface area contributed by atoms with E-state index in [-0.39, 0.29) is 12.3 Å². The Kier molecular flexibility index (Phi) is 4.39. The van der Waals surface area contributed by atoms with Crippen molar-refractivity contribution in [1.82, 2.24) is 5.32 Å². The summed E-state index contributed by atoms with van der Waals surface area (Å²) in [5.74, 6) is -1.39. The van der Waals surface area contributed by atoms with Crippen LogP contribution in [-0.2, 0) is 16.0 Å². The molecular formula is C15H20N2O3. The normalized spacial score (nSPS) is 18.4. The number of benzene rings is 1. The zero-order valence-corrected chi connectivity index (χ0v) is 11.3. The first-order chi connectivity index (χ1) is 9.51. The zero-order chi connectivity index (χ0) is 14.6. The first-order valence-electron chi connectivity index (χ1n) is 6.88. The Labute approximate surface area is 118 Å². The highest BCUT2D eigenvalue weighted by Gasteiger charge is 2.38. The standard InChI is InChI=1S/C15H20N2O3/c16-15(8-4-5-9-15)14(20)17-12(13(18)19)10-11-6-2-1-3-7-11/h1-3,6-7,12H,4-5,8-10,16H2,(H,17,20)(H,18,19)/t12-/m0/s1. The topological polar surface area (TPSA) is 92.4 Å². The predicted molar refractivity (Wildman–Crippen MR) is 75.1 cm³/mol. The average Bonchev–Trinajstić information content (AvgIpc) is 2.87. The van der Waals surface area contributed by atoms with Crippen molar-refractivity contribution in [2.75, 3.05) is 0 Å². The van der Waals surface area contributed by atoms with Crippen LogP contribution in [0.5, 0.6) is 0 Å². The van der Waals surface area contributed by atoms with Crippen molar-refractivity contribution in [2.24, 2.45) is 5.73 Å². The molecule has 0 spiro atoms. The van der Waals surface area contributed by atoms with Crippen LogP contribution in [0.4, 0.5) is 0 Å². The molecule has 4 N–H and O–H groups in total. The van der Waals surface area contributed by atoms with Crippen LogP contribution in [0.3, 0.4) is 0 Å². The lowest BCUT2D eigenvalue weighted by atomic mass is 9.96. The van der Waals surface area contributed by atoms with Crippen LogP contribution in [0.2, 0.25) is 0 Å². The molecule has 0 unspecified atom stereocenters. The molecule has 1 atom stereocenters. The van der Waals surface area contributed by atoms with Crippen LogP contribution in [0.15, 0.2) is 30.3 Å². The molecule has 0 saturated heterocycles. The number of carbonyl (C=O) groups excluding carboxylic acids is 1. The minimum Gasteiger partial charge on any atom is -0.480 e. The highest BCUT2D eigenvalue weighted by atomic mass is 16.4. The Morgan fingerprint density at radius 1 is 1.25 bits per heavy atom. The van der Waals surface area contributed by atoms with Crippen LogP contribution in [-0.4, -0.2) is 28.6 Å². The fourth-order valence-corrected chi connectivity index (χ4v) is 2.58. The average molecular weight is 276 g/mol. The van der Waals surface area contributed by atoms with Gasteiger partial charge >= 0.3 is 5.97 Å². The van der Waals surface area contributed by atoms with E-state index in [0.29, 0.717) is 12.8 Å². The van der Waals surface area contributed by atoms with E-state index in [0.717, 1.165) is 18.4 Å². The number of carboxylic acids is 1. The molecule has 1 aromatic carbocycles. The first-order valence-corrected chi connectivity index (χ1v) is 6.88. The van der Waals surface area contributed by atoms with E-state index >= 15 is 0 Å². The number of carboxylic acid groups (broad SMARTS) is 1. The molecule has 1 aliphatic carbocycles. The Bertz CT molecular complexity index is 481. The number of hydrogen-bond acceptors (Lipinski definition) is 3. The molecule has 0 radical (unpaired) electrons. The van der Waals surface area contributed by atoms with Gasteiger partial charge < -0.3 is 16.2 Å². The molecule has 0 bridgehead atoms. The van der Waals surface area contributed by atoms with Crippen LogP contribution >= 0.6 is 0 Å². The Balaban J connectivity index is 2.02. The van der Waals surface area contributed by atoms with Crippen LogP contribution < -0.4 is 11.1 Å². The van der Waals surface area contributed by atoms with Gasteiger partial charge in [0.25, 0.3) is 0 Å². The van der Waals surface area contributed by atoms with Gasteiger partial charge in [-0.3, -0.25) is 4.79 Å². The van der Waals surface area contributed by atoms with E-state index in [1.165, 1.54) is 0 Å². The van der Waals surface area contributed by atoms with E-state index in [4.69, 9.17) is 5.73 Å². The van der Waals surface area contributed by atoms with Crippen molar-refractivity contribution in [3.8, 4) is 0 Å². The molecule has 0 heterocycles. The maximum atomic E-state index is 12.2. The number of nitrogens with one attached hydrogen (secondary N) is 1. The van der Waals surface area contributed by atoms with E-state index in [9.17, 15) is 14.7 Å². The second-order valence-corrected chi connectivity index (χ2v) is 5.42. The monoisotopic (exact) mass is 276 g/mol. The number of amides is 1. The third kappa shape index (κ3) is 3.36. The summed E-state index contributed by atoms with van der Waals surface area (Å²) in [4.78, 5) is 23.5. The summed E-state index contributed by atoms with van der Waals surface area (Å²) in [6.07, 6.45) is 3.34. The van der Waals surface area contributed by atoms with Crippen molar-refractivity contribution < 1.29 is 14.7 Å². The highest BCUT2D eigenvalue weighted by Crippen LogP contribution is 2.27. The lowest BCUT2D eigenvalue weighted by molar-refractivity contribution is -0.142. The number of aliphatic carboxylic acids is 1. The van der Waals surface area contributed by atoms with Gasteiger partial charge in [0.05, 0.1) is 5.54 Å². The van der Waals surface area contributed by atoms with Gasteiger partial charge in [-0.25, -0.2) is 4.79 Å². The van der Waals surface area contributed by atoms with Gasteiger partial charge in [-0.15, -0.1) is 0 Å². The summed E-state index contributed by atoms with van der Waals surface area (Å²) in [6, 6.07) is 8.30. The van der Waals surface area contributed by atoms with Gasteiger partial charge in [0.15, 0.2) is 0 Å². The smallest absolute Gasteiger partial charge is 0.326 e. The molecule has 1 aromatic rings. The molecule has 1 saturated carbocycles. The Morgan fingerprint density at radius 2 is 1.85 bits per heavy atom. The number of carbonyl (C=O) groups is 2. The molecule has 0 aliphatic heterocycles. The summed E-state index contributed by atoms with van der Waals surface area (Å²) in [7, 11) is 0. The number of hydrogen-bond donors (Lipinski definition) is 3. The number of rotatable bonds is 5. The van der Waals surface area contributed by atoms with Crippen molar-refractivity contribution in [1.29, 1.82) is 0 Å². The van der Waals surface area contributed by atoms with Crippen molar-refractivity contribution in [2.45, 2.75) is 43.7 Å². The summed E-state index contributed by atoms with van der Waals surface area (Å²) in [6.45, 7) is 0. The summed E-state index contributed by atoms with van der Waals surface area (Å²) < 4.78 is 0. The van der Waals surface area contributed by atoms with Crippen LogP contribution in [0, 0.1) is 0 Å². The molecule has 20 heavy (non-hydrogen) atoms. The second-order valence-electron chi connectivity index (χ2n) is 5.42.